The average molecular weight is 350 g/mol. The van der Waals surface area contributed by atoms with Crippen molar-refractivity contribution in [2.24, 2.45) is 5.73 Å². The van der Waals surface area contributed by atoms with Crippen molar-refractivity contribution < 1.29 is 9.53 Å². The maximum atomic E-state index is 12.2. The minimum Gasteiger partial charge on any atom is -0.496 e. The summed E-state index contributed by atoms with van der Waals surface area (Å²) >= 11 is 0. The number of carbonyl (C=O) groups is 1. The Morgan fingerprint density at radius 1 is 1.19 bits per heavy atom. The van der Waals surface area contributed by atoms with E-state index in [-0.39, 0.29) is 11.4 Å². The molecule has 0 aliphatic rings. The number of ether oxygens (including phenoxy) is 1. The first-order chi connectivity index (χ1) is 12.5. The van der Waals surface area contributed by atoms with E-state index < -0.39 is 5.91 Å². The van der Waals surface area contributed by atoms with Crippen LogP contribution in [0.2, 0.25) is 0 Å². The first-order valence-corrected chi connectivity index (χ1v) is 8.01. The van der Waals surface area contributed by atoms with E-state index in [1.807, 2.05) is 26.0 Å². The number of primary amides is 1. The van der Waals surface area contributed by atoms with Crippen LogP contribution in [0.5, 0.6) is 5.75 Å². The third-order valence-electron chi connectivity index (χ3n) is 4.65. The van der Waals surface area contributed by atoms with Crippen LogP contribution in [-0.2, 0) is 0 Å². The van der Waals surface area contributed by atoms with E-state index in [0.29, 0.717) is 16.7 Å². The quantitative estimate of drug-likeness (QED) is 0.586. The van der Waals surface area contributed by atoms with Gasteiger partial charge in [-0.1, -0.05) is 6.07 Å². The molecule has 0 bridgehead atoms. The molecule has 4 rings (SSSR count). The van der Waals surface area contributed by atoms with Crippen LogP contribution in [0.3, 0.4) is 0 Å². The molecule has 132 valence electrons. The van der Waals surface area contributed by atoms with Crippen molar-refractivity contribution in [1.82, 2.24) is 18.9 Å². The van der Waals surface area contributed by atoms with Crippen molar-refractivity contribution >= 4 is 28.4 Å². The molecule has 0 unspecified atom stereocenters. The molecular weight excluding hydrogens is 332 g/mol. The van der Waals surface area contributed by atoms with Gasteiger partial charge in [-0.2, -0.15) is 0 Å². The van der Waals surface area contributed by atoms with Gasteiger partial charge in [0.2, 0.25) is 0 Å². The molecule has 8 nitrogen and oxygen atoms in total. The molecule has 8 heteroatoms. The van der Waals surface area contributed by atoms with Crippen LogP contribution in [0, 0.1) is 13.8 Å². The van der Waals surface area contributed by atoms with Gasteiger partial charge in [0.25, 0.3) is 5.91 Å². The summed E-state index contributed by atoms with van der Waals surface area (Å²) in [6, 6.07) is 3.83. The Kier molecular flexibility index (Phi) is 3.36. The number of imidazole rings is 1. The van der Waals surface area contributed by atoms with Crippen LogP contribution in [0.25, 0.3) is 22.4 Å². The molecule has 1 aromatic carbocycles. The van der Waals surface area contributed by atoms with Gasteiger partial charge in [0.15, 0.2) is 5.65 Å². The molecule has 0 radical (unpaired) electrons. The maximum Gasteiger partial charge on any atom is 0.253 e. The number of aryl methyl sites for hydroxylation is 1. The fourth-order valence-corrected chi connectivity index (χ4v) is 3.49. The lowest BCUT2D eigenvalue weighted by Crippen LogP contribution is -2.14. The van der Waals surface area contributed by atoms with E-state index in [0.717, 1.165) is 22.6 Å². The van der Waals surface area contributed by atoms with E-state index in [9.17, 15) is 4.79 Å². The Hall–Kier alpha value is -3.55. The summed E-state index contributed by atoms with van der Waals surface area (Å²) in [5.41, 5.74) is 16.0. The van der Waals surface area contributed by atoms with E-state index in [2.05, 4.69) is 9.97 Å². The Bertz CT molecular complexity index is 1190. The lowest BCUT2D eigenvalue weighted by molar-refractivity contribution is 0.100. The molecule has 3 aromatic heterocycles. The third-order valence-corrected chi connectivity index (χ3v) is 4.65. The van der Waals surface area contributed by atoms with E-state index >= 15 is 0 Å². The van der Waals surface area contributed by atoms with Crippen LogP contribution >= 0.6 is 0 Å². The second kappa shape index (κ2) is 5.48. The Labute approximate surface area is 149 Å². The number of aromatic nitrogens is 4. The predicted octanol–water partition coefficient (Wildman–Crippen LogP) is 1.98. The minimum absolute atomic E-state index is 0.214. The highest BCUT2D eigenvalue weighted by atomic mass is 16.5. The molecule has 0 aliphatic heterocycles. The first kappa shape index (κ1) is 15.9. The van der Waals surface area contributed by atoms with Gasteiger partial charge in [-0.3, -0.25) is 13.8 Å². The van der Waals surface area contributed by atoms with Crippen LogP contribution < -0.4 is 16.2 Å². The summed E-state index contributed by atoms with van der Waals surface area (Å²) < 4.78 is 8.92. The lowest BCUT2D eigenvalue weighted by Gasteiger charge is -2.16. The summed E-state index contributed by atoms with van der Waals surface area (Å²) in [7, 11) is 1.61. The van der Waals surface area contributed by atoms with Gasteiger partial charge in [0.1, 0.15) is 23.5 Å². The summed E-state index contributed by atoms with van der Waals surface area (Å²) in [4.78, 5) is 21.0. The Morgan fingerprint density at radius 2 is 1.96 bits per heavy atom. The number of anilines is 1. The number of carbonyl (C=O) groups excluding carboxylic acids is 1. The summed E-state index contributed by atoms with van der Waals surface area (Å²) in [6.45, 7) is 3.90. The van der Waals surface area contributed by atoms with Gasteiger partial charge >= 0.3 is 0 Å². The number of hydrogen-bond acceptors (Lipinski definition) is 5. The van der Waals surface area contributed by atoms with Gasteiger partial charge in [-0.15, -0.1) is 0 Å². The number of hydrogen-bond donors (Lipinski definition) is 2. The fraction of sp³-hybridized carbons (Fsp3) is 0.167. The van der Waals surface area contributed by atoms with Gasteiger partial charge in [0, 0.05) is 18.0 Å². The number of nitrogens with two attached hydrogens (primary N) is 2. The SMILES string of the molecule is COc1ccc(C)c(-n2c(N)c(C(N)=O)c3c2ncn2ccnc32)c1C. The number of benzene rings is 1. The number of fused-ring (bicyclic) bond motifs is 3. The molecule has 0 aliphatic carbocycles. The highest BCUT2D eigenvalue weighted by Gasteiger charge is 2.26. The van der Waals surface area contributed by atoms with Gasteiger partial charge < -0.3 is 16.2 Å². The second-order valence-electron chi connectivity index (χ2n) is 6.12. The number of nitrogens with zero attached hydrogens (tertiary/aromatic N) is 4. The lowest BCUT2D eigenvalue weighted by atomic mass is 10.1. The fourth-order valence-electron chi connectivity index (χ4n) is 3.49. The van der Waals surface area contributed by atoms with E-state index in [1.165, 1.54) is 0 Å². The minimum atomic E-state index is -0.623. The zero-order valence-electron chi connectivity index (χ0n) is 14.6. The highest BCUT2D eigenvalue weighted by Crippen LogP contribution is 2.36. The zero-order valence-corrected chi connectivity index (χ0v) is 14.6. The zero-order chi connectivity index (χ0) is 18.6. The molecular formula is C18H18N6O2. The molecule has 1 amide bonds. The van der Waals surface area contributed by atoms with Crippen molar-refractivity contribution in [2.75, 3.05) is 12.8 Å². The number of amides is 1. The number of rotatable bonds is 3. The molecule has 0 saturated carbocycles. The summed E-state index contributed by atoms with van der Waals surface area (Å²) in [6.07, 6.45) is 5.02. The second-order valence-corrected chi connectivity index (χ2v) is 6.12. The standard InChI is InChI=1S/C18H18N6O2/c1-9-4-5-11(26-3)10(2)14(9)24-15(19)12(16(20)25)13-17-21-6-7-23(17)8-22-18(13)24/h4-8H,19H2,1-3H3,(H2,20,25). The van der Waals surface area contributed by atoms with Gasteiger partial charge in [-0.05, 0) is 25.5 Å². The maximum absolute atomic E-state index is 12.2. The van der Waals surface area contributed by atoms with Crippen LogP contribution in [0.15, 0.2) is 30.9 Å². The summed E-state index contributed by atoms with van der Waals surface area (Å²) in [5, 5.41) is 0.532. The van der Waals surface area contributed by atoms with Crippen molar-refractivity contribution in [3.05, 3.63) is 47.5 Å². The summed E-state index contributed by atoms with van der Waals surface area (Å²) in [5.74, 6) is 0.326. The number of methoxy groups -OCH3 is 1. The van der Waals surface area contributed by atoms with Gasteiger partial charge in [-0.25, -0.2) is 9.97 Å². The van der Waals surface area contributed by atoms with E-state index in [1.54, 1.807) is 34.8 Å². The Balaban J connectivity index is 2.23. The molecule has 0 spiro atoms. The molecule has 0 fully saturated rings. The van der Waals surface area contributed by atoms with Crippen molar-refractivity contribution in [3.63, 3.8) is 0 Å². The molecule has 0 saturated heterocycles. The molecule has 3 heterocycles. The number of nitrogen functional groups attached to an aromatic ring is 1. The first-order valence-electron chi connectivity index (χ1n) is 8.01. The van der Waals surface area contributed by atoms with Crippen LogP contribution in [-0.4, -0.2) is 32.0 Å². The monoisotopic (exact) mass is 350 g/mol. The Morgan fingerprint density at radius 3 is 2.65 bits per heavy atom. The topological polar surface area (TPSA) is 113 Å². The van der Waals surface area contributed by atoms with E-state index in [4.69, 9.17) is 16.2 Å². The molecule has 4 N–H and O–H groups in total. The normalized spacial score (nSPS) is 11.3. The van der Waals surface area contributed by atoms with Gasteiger partial charge in [0.05, 0.1) is 23.7 Å². The average Bonchev–Trinajstić information content (AvgIpc) is 3.18. The largest absolute Gasteiger partial charge is 0.496 e. The predicted molar refractivity (Wildman–Crippen MR) is 98.8 cm³/mol. The van der Waals surface area contributed by atoms with Crippen molar-refractivity contribution in [2.45, 2.75) is 13.8 Å². The third kappa shape index (κ3) is 1.98. The molecule has 26 heavy (non-hydrogen) atoms. The highest BCUT2D eigenvalue weighted by molar-refractivity contribution is 6.15. The van der Waals surface area contributed by atoms with Crippen LogP contribution in [0.1, 0.15) is 21.5 Å². The van der Waals surface area contributed by atoms with Crippen molar-refractivity contribution in [1.29, 1.82) is 0 Å². The molecule has 0 atom stereocenters. The van der Waals surface area contributed by atoms with Crippen molar-refractivity contribution in [3.8, 4) is 11.4 Å². The van der Waals surface area contributed by atoms with Crippen LogP contribution in [0.4, 0.5) is 5.82 Å². The smallest absolute Gasteiger partial charge is 0.253 e. The molecule has 4 aromatic rings.